The van der Waals surface area contributed by atoms with Gasteiger partial charge in [0.25, 0.3) is 17.7 Å². The molecule has 4 aliphatic rings. The predicted octanol–water partition coefficient (Wildman–Crippen LogP) is 7.20. The summed E-state index contributed by atoms with van der Waals surface area (Å²) in [5.41, 5.74) is 4.72. The number of amides is 3. The van der Waals surface area contributed by atoms with Gasteiger partial charge < -0.3 is 4.18 Å². The summed E-state index contributed by atoms with van der Waals surface area (Å²) in [7, 11) is -4.15. The number of halogens is 2. The molecule has 9 nitrogen and oxygen atoms in total. The first-order chi connectivity index (χ1) is 24.9. The summed E-state index contributed by atoms with van der Waals surface area (Å²) in [5, 5.41) is 1.93. The number of hydrazine groups is 1. The Bertz CT molecular complexity index is 2320. The number of nitrogens with zero attached hydrogens (tertiary/aromatic N) is 2. The lowest BCUT2D eigenvalue weighted by atomic mass is 9.55. The van der Waals surface area contributed by atoms with Gasteiger partial charge in [-0.3, -0.25) is 19.2 Å². The third-order valence-corrected chi connectivity index (χ3v) is 11.9. The normalized spacial score (nSPS) is 19.9. The van der Waals surface area contributed by atoms with Crippen LogP contribution in [0.3, 0.4) is 0 Å². The zero-order chi connectivity index (χ0) is 36.5. The van der Waals surface area contributed by atoms with Crippen molar-refractivity contribution in [2.75, 3.05) is 6.54 Å². The number of imide groups is 1. The van der Waals surface area contributed by atoms with Crippen LogP contribution in [0.4, 0.5) is 0 Å². The molecule has 5 aromatic rings. The standard InChI is InChI=1S/C40H28Cl2N2O7S/c1-22-10-17-26(18-11-22)52(49,50)51-25-15-12-23(13-16-25)33(45)21-43(38(46)31-19-14-24(41)20-32(31)42)44-39(47)36-34-27-6-2-3-7-28(27)35(37(36)40(44)48)30-9-5-4-8-29(30)34/h2-20,34-37H,21H2,1H3/t34?,35?,36-,37-/m0/s1. The molecule has 0 unspecified atom stereocenters. The summed E-state index contributed by atoms with van der Waals surface area (Å²) in [5.74, 6) is -5.17. The Balaban J connectivity index is 1.13. The number of ketones is 1. The number of carbonyl (C=O) groups excluding carboxylic acids is 4. The van der Waals surface area contributed by atoms with E-state index in [-0.39, 0.29) is 31.8 Å². The molecule has 2 atom stereocenters. The number of aryl methyl sites for hydroxylation is 1. The van der Waals surface area contributed by atoms with E-state index in [4.69, 9.17) is 27.4 Å². The summed E-state index contributed by atoms with van der Waals surface area (Å²) in [6.45, 7) is 1.13. The SMILES string of the molecule is Cc1ccc(S(=O)(=O)Oc2ccc(C(=O)CN(C(=O)c3ccc(Cl)cc3Cl)N3C(=O)[C@H]4C5c6ccccc6C(c6ccccc65)[C@@H]4C3=O)cc2)cc1. The van der Waals surface area contributed by atoms with Crippen LogP contribution in [0.5, 0.6) is 5.75 Å². The maximum atomic E-state index is 14.6. The lowest BCUT2D eigenvalue weighted by Gasteiger charge is -2.45. The van der Waals surface area contributed by atoms with Gasteiger partial charge in [-0.25, -0.2) is 5.01 Å². The first-order valence-corrected chi connectivity index (χ1v) is 18.6. The largest absolute Gasteiger partial charge is 0.379 e. The van der Waals surface area contributed by atoms with Gasteiger partial charge >= 0.3 is 10.1 Å². The van der Waals surface area contributed by atoms with Gasteiger partial charge in [0.2, 0.25) is 0 Å². The minimum atomic E-state index is -4.15. The van der Waals surface area contributed by atoms with Gasteiger partial charge in [0, 0.05) is 22.4 Å². The number of Topliss-reactive ketones (excluding diaryl/α,β-unsaturated/α-hetero) is 1. The summed E-state index contributed by atoms with van der Waals surface area (Å²) in [6, 6.07) is 31.2. The van der Waals surface area contributed by atoms with E-state index in [1.807, 2.05) is 55.5 Å². The highest BCUT2D eigenvalue weighted by atomic mass is 35.5. The van der Waals surface area contributed by atoms with E-state index in [2.05, 4.69) is 0 Å². The Morgan fingerprint density at radius 3 is 1.75 bits per heavy atom. The Morgan fingerprint density at radius 1 is 0.731 bits per heavy atom. The fourth-order valence-electron chi connectivity index (χ4n) is 7.74. The highest BCUT2D eigenvalue weighted by Gasteiger charge is 2.63. The maximum Gasteiger partial charge on any atom is 0.339 e. The van der Waals surface area contributed by atoms with Crippen LogP contribution in [0, 0.1) is 18.8 Å². The summed E-state index contributed by atoms with van der Waals surface area (Å²) in [6.07, 6.45) is 0. The molecule has 2 bridgehead atoms. The molecule has 0 saturated carbocycles. The van der Waals surface area contributed by atoms with Crippen LogP contribution < -0.4 is 4.18 Å². The van der Waals surface area contributed by atoms with Crippen LogP contribution in [0.2, 0.25) is 10.0 Å². The highest BCUT2D eigenvalue weighted by molar-refractivity contribution is 7.87. The number of carbonyl (C=O) groups is 4. The third-order valence-electron chi connectivity index (χ3n) is 10.0. The first-order valence-electron chi connectivity index (χ1n) is 16.4. The van der Waals surface area contributed by atoms with Gasteiger partial charge in [0.15, 0.2) is 5.78 Å². The van der Waals surface area contributed by atoms with Crippen molar-refractivity contribution in [2.45, 2.75) is 23.7 Å². The maximum absolute atomic E-state index is 14.6. The van der Waals surface area contributed by atoms with Crippen molar-refractivity contribution < 1.29 is 31.8 Å². The molecule has 3 amide bonds. The molecule has 1 aliphatic heterocycles. The molecular formula is C40H28Cl2N2O7S. The second kappa shape index (κ2) is 12.7. The molecule has 12 heteroatoms. The van der Waals surface area contributed by atoms with E-state index in [1.54, 1.807) is 12.1 Å². The fourth-order valence-corrected chi connectivity index (χ4v) is 9.16. The number of rotatable bonds is 8. The van der Waals surface area contributed by atoms with Crippen LogP contribution in [-0.2, 0) is 19.7 Å². The van der Waals surface area contributed by atoms with E-state index in [0.29, 0.717) is 0 Å². The molecule has 1 heterocycles. The van der Waals surface area contributed by atoms with Gasteiger partial charge in [-0.1, -0.05) is 89.4 Å². The monoisotopic (exact) mass is 750 g/mol. The van der Waals surface area contributed by atoms with Gasteiger partial charge in [-0.2, -0.15) is 13.4 Å². The molecule has 5 aromatic carbocycles. The molecule has 1 saturated heterocycles. The Hall–Kier alpha value is -5.29. The molecule has 0 radical (unpaired) electrons. The van der Waals surface area contributed by atoms with Gasteiger partial charge in [-0.15, -0.1) is 0 Å². The number of benzene rings is 5. The van der Waals surface area contributed by atoms with Gasteiger partial charge in [0.05, 0.1) is 22.4 Å². The Morgan fingerprint density at radius 2 is 1.25 bits per heavy atom. The smallest absolute Gasteiger partial charge is 0.339 e. The van der Waals surface area contributed by atoms with Crippen molar-refractivity contribution >= 4 is 56.8 Å². The topological polar surface area (TPSA) is 118 Å². The van der Waals surface area contributed by atoms with Crippen molar-refractivity contribution in [3.63, 3.8) is 0 Å². The zero-order valence-corrected chi connectivity index (χ0v) is 29.7. The lowest BCUT2D eigenvalue weighted by Crippen LogP contribution is -2.52. The molecule has 0 spiro atoms. The Kier molecular flexibility index (Phi) is 8.28. The average Bonchev–Trinajstić information content (AvgIpc) is 3.40. The molecule has 1 fully saturated rings. The van der Waals surface area contributed by atoms with Crippen LogP contribution in [0.1, 0.15) is 60.4 Å². The third kappa shape index (κ3) is 5.49. The molecule has 0 N–H and O–H groups in total. The lowest BCUT2D eigenvalue weighted by molar-refractivity contribution is -0.154. The van der Waals surface area contributed by atoms with Crippen LogP contribution in [-0.4, -0.2) is 48.5 Å². The second-order valence-electron chi connectivity index (χ2n) is 13.0. The van der Waals surface area contributed by atoms with Crippen LogP contribution in [0.25, 0.3) is 0 Å². The zero-order valence-electron chi connectivity index (χ0n) is 27.4. The Labute approximate surface area is 309 Å². The van der Waals surface area contributed by atoms with Crippen LogP contribution in [0.15, 0.2) is 120 Å². The van der Waals surface area contributed by atoms with Gasteiger partial charge in [-0.05, 0) is 83.8 Å². The molecular weight excluding hydrogens is 723 g/mol. The van der Waals surface area contributed by atoms with Crippen molar-refractivity contribution in [2.24, 2.45) is 11.8 Å². The fraction of sp³-hybridized carbons (Fsp3) is 0.150. The molecule has 52 heavy (non-hydrogen) atoms. The van der Waals surface area contributed by atoms with E-state index in [0.717, 1.165) is 37.8 Å². The number of hydrogen-bond donors (Lipinski definition) is 0. The quantitative estimate of drug-likeness (QED) is 0.0935. The predicted molar refractivity (Wildman–Crippen MR) is 193 cm³/mol. The number of hydrogen-bond acceptors (Lipinski definition) is 7. The van der Waals surface area contributed by atoms with Crippen molar-refractivity contribution in [3.8, 4) is 5.75 Å². The summed E-state index contributed by atoms with van der Waals surface area (Å²) >= 11 is 12.6. The van der Waals surface area contributed by atoms with Crippen molar-refractivity contribution in [1.82, 2.24) is 10.0 Å². The van der Waals surface area contributed by atoms with Crippen molar-refractivity contribution in [1.29, 1.82) is 0 Å². The average molecular weight is 752 g/mol. The molecule has 260 valence electrons. The molecule has 3 aliphatic carbocycles. The molecule has 9 rings (SSSR count). The minimum Gasteiger partial charge on any atom is -0.379 e. The van der Waals surface area contributed by atoms with E-state index in [1.165, 1.54) is 54.6 Å². The highest BCUT2D eigenvalue weighted by Crippen LogP contribution is 2.61. The molecule has 0 aromatic heterocycles. The first kappa shape index (κ1) is 33.8. The minimum absolute atomic E-state index is 0.0253. The van der Waals surface area contributed by atoms with E-state index in [9.17, 15) is 27.6 Å². The second-order valence-corrected chi connectivity index (χ2v) is 15.4. The summed E-state index contributed by atoms with van der Waals surface area (Å²) in [4.78, 5) is 57.4. The van der Waals surface area contributed by atoms with E-state index < -0.39 is 63.8 Å². The van der Waals surface area contributed by atoms with Crippen molar-refractivity contribution in [3.05, 3.63) is 164 Å². The van der Waals surface area contributed by atoms with Crippen LogP contribution >= 0.6 is 23.2 Å². The van der Waals surface area contributed by atoms with E-state index >= 15 is 0 Å². The summed E-state index contributed by atoms with van der Waals surface area (Å²) < 4.78 is 30.9. The van der Waals surface area contributed by atoms with Gasteiger partial charge in [0.1, 0.15) is 17.2 Å².